The van der Waals surface area contributed by atoms with Crippen LogP contribution in [0.1, 0.15) is 37.4 Å². The van der Waals surface area contributed by atoms with Gasteiger partial charge in [0, 0.05) is 32.2 Å². The first-order valence-electron chi connectivity index (χ1n) is 7.28. The van der Waals surface area contributed by atoms with Crippen LogP contribution in [0.15, 0.2) is 18.2 Å². The maximum atomic E-state index is 13.4. The summed E-state index contributed by atoms with van der Waals surface area (Å²) in [4.78, 5) is 2.53. The molecule has 0 aliphatic carbocycles. The Hall–Kier alpha value is -0.930. The molecule has 0 aromatic heterocycles. The predicted octanol–water partition coefficient (Wildman–Crippen LogP) is 3.13. The lowest BCUT2D eigenvalue weighted by Gasteiger charge is -2.36. The SMILES string of the molecule is Cc1cc([C@@H](CC(C)C)N2CCNCC2)ccc1F. The van der Waals surface area contributed by atoms with E-state index < -0.39 is 0 Å². The topological polar surface area (TPSA) is 15.3 Å². The summed E-state index contributed by atoms with van der Waals surface area (Å²) in [7, 11) is 0. The molecule has 1 N–H and O–H groups in total. The molecule has 0 saturated carbocycles. The Bertz CT molecular complexity index is 411. The van der Waals surface area contributed by atoms with Gasteiger partial charge in [0.05, 0.1) is 0 Å². The Balaban J connectivity index is 2.22. The first-order valence-corrected chi connectivity index (χ1v) is 7.28. The molecule has 19 heavy (non-hydrogen) atoms. The highest BCUT2D eigenvalue weighted by Gasteiger charge is 2.23. The third-order valence-electron chi connectivity index (χ3n) is 3.85. The fourth-order valence-electron chi connectivity index (χ4n) is 2.81. The number of hydrogen-bond acceptors (Lipinski definition) is 2. The highest BCUT2D eigenvalue weighted by molar-refractivity contribution is 5.26. The molecule has 1 atom stereocenters. The van der Waals surface area contributed by atoms with Gasteiger partial charge in [-0.25, -0.2) is 4.39 Å². The van der Waals surface area contributed by atoms with E-state index in [9.17, 15) is 4.39 Å². The highest BCUT2D eigenvalue weighted by atomic mass is 19.1. The molecule has 1 aliphatic heterocycles. The van der Waals surface area contributed by atoms with Crippen molar-refractivity contribution in [3.8, 4) is 0 Å². The van der Waals surface area contributed by atoms with Crippen LogP contribution in [0.4, 0.5) is 4.39 Å². The first kappa shape index (κ1) is 14.5. The van der Waals surface area contributed by atoms with Crippen LogP contribution < -0.4 is 5.32 Å². The van der Waals surface area contributed by atoms with Crippen LogP contribution >= 0.6 is 0 Å². The molecule has 1 heterocycles. The molecular formula is C16H25FN2. The van der Waals surface area contributed by atoms with Crippen molar-refractivity contribution >= 4 is 0 Å². The van der Waals surface area contributed by atoms with Crippen LogP contribution in [0, 0.1) is 18.7 Å². The Kier molecular flexibility index (Phi) is 4.94. The van der Waals surface area contributed by atoms with Gasteiger partial charge in [-0.1, -0.05) is 26.0 Å². The summed E-state index contributed by atoms with van der Waals surface area (Å²) in [6.45, 7) is 10.6. The van der Waals surface area contributed by atoms with Gasteiger partial charge in [0.2, 0.25) is 0 Å². The molecule has 2 rings (SSSR count). The Morgan fingerprint density at radius 3 is 2.53 bits per heavy atom. The lowest BCUT2D eigenvalue weighted by molar-refractivity contribution is 0.154. The van der Waals surface area contributed by atoms with Gasteiger partial charge in [-0.05, 0) is 36.5 Å². The normalized spacial score (nSPS) is 18.8. The van der Waals surface area contributed by atoms with E-state index in [0.717, 1.165) is 38.2 Å². The maximum Gasteiger partial charge on any atom is 0.126 e. The minimum absolute atomic E-state index is 0.104. The zero-order valence-electron chi connectivity index (χ0n) is 12.2. The third-order valence-corrected chi connectivity index (χ3v) is 3.85. The summed E-state index contributed by atoms with van der Waals surface area (Å²) in [6.07, 6.45) is 1.13. The van der Waals surface area contributed by atoms with Gasteiger partial charge in [0.15, 0.2) is 0 Å². The third kappa shape index (κ3) is 3.77. The van der Waals surface area contributed by atoms with Crippen molar-refractivity contribution in [2.75, 3.05) is 26.2 Å². The Morgan fingerprint density at radius 2 is 1.95 bits per heavy atom. The van der Waals surface area contributed by atoms with Gasteiger partial charge in [0.1, 0.15) is 5.82 Å². The fourth-order valence-corrected chi connectivity index (χ4v) is 2.81. The summed E-state index contributed by atoms with van der Waals surface area (Å²) in [5.41, 5.74) is 2.01. The van der Waals surface area contributed by atoms with Crippen LogP contribution in [0.5, 0.6) is 0 Å². The molecule has 0 spiro atoms. The lowest BCUT2D eigenvalue weighted by atomic mass is 9.94. The van der Waals surface area contributed by atoms with E-state index in [1.807, 2.05) is 19.1 Å². The highest BCUT2D eigenvalue weighted by Crippen LogP contribution is 2.29. The van der Waals surface area contributed by atoms with Gasteiger partial charge >= 0.3 is 0 Å². The van der Waals surface area contributed by atoms with E-state index in [4.69, 9.17) is 0 Å². The summed E-state index contributed by atoms with van der Waals surface area (Å²) in [5.74, 6) is 0.539. The number of rotatable bonds is 4. The molecule has 1 aromatic carbocycles. The fraction of sp³-hybridized carbons (Fsp3) is 0.625. The van der Waals surface area contributed by atoms with Crippen molar-refractivity contribution in [1.29, 1.82) is 0 Å². The zero-order chi connectivity index (χ0) is 13.8. The maximum absolute atomic E-state index is 13.4. The lowest BCUT2D eigenvalue weighted by Crippen LogP contribution is -2.45. The molecule has 1 aromatic rings. The number of hydrogen-bond donors (Lipinski definition) is 1. The second kappa shape index (κ2) is 6.49. The minimum atomic E-state index is -0.104. The van der Waals surface area contributed by atoms with Crippen LogP contribution in [0.3, 0.4) is 0 Å². The quantitative estimate of drug-likeness (QED) is 0.899. The van der Waals surface area contributed by atoms with Crippen LogP contribution in [-0.2, 0) is 0 Å². The average Bonchev–Trinajstić information content (AvgIpc) is 2.40. The van der Waals surface area contributed by atoms with Crippen LogP contribution in [-0.4, -0.2) is 31.1 Å². The molecule has 106 valence electrons. The molecule has 2 nitrogen and oxygen atoms in total. The average molecular weight is 264 g/mol. The summed E-state index contributed by atoms with van der Waals surface area (Å²) in [5, 5.41) is 3.39. The van der Waals surface area contributed by atoms with Crippen molar-refractivity contribution in [2.24, 2.45) is 5.92 Å². The van der Waals surface area contributed by atoms with Gasteiger partial charge in [-0.15, -0.1) is 0 Å². The zero-order valence-corrected chi connectivity index (χ0v) is 12.2. The van der Waals surface area contributed by atoms with Crippen LogP contribution in [0.2, 0.25) is 0 Å². The molecule has 3 heteroatoms. The van der Waals surface area contributed by atoms with E-state index in [1.165, 1.54) is 5.56 Å². The Morgan fingerprint density at radius 1 is 1.26 bits per heavy atom. The molecule has 0 radical (unpaired) electrons. The van der Waals surface area contributed by atoms with Crippen molar-refractivity contribution in [3.63, 3.8) is 0 Å². The molecule has 1 saturated heterocycles. The molecule has 1 aliphatic rings. The second-order valence-corrected chi connectivity index (χ2v) is 5.94. The van der Waals surface area contributed by atoms with Crippen molar-refractivity contribution in [1.82, 2.24) is 10.2 Å². The molecule has 0 bridgehead atoms. The number of halogens is 1. The first-order chi connectivity index (χ1) is 9.08. The number of nitrogens with zero attached hydrogens (tertiary/aromatic N) is 1. The number of benzene rings is 1. The van der Waals surface area contributed by atoms with Crippen LogP contribution in [0.25, 0.3) is 0 Å². The van der Waals surface area contributed by atoms with Crippen molar-refractivity contribution < 1.29 is 4.39 Å². The standard InChI is InChI=1S/C16H25FN2/c1-12(2)10-16(19-8-6-18-7-9-19)14-4-5-15(17)13(3)11-14/h4-5,11-12,16,18H,6-10H2,1-3H3/t16-/m1/s1. The summed E-state index contributed by atoms with van der Waals surface area (Å²) >= 11 is 0. The number of nitrogens with one attached hydrogen (secondary N) is 1. The van der Waals surface area contributed by atoms with Gasteiger partial charge in [-0.3, -0.25) is 4.90 Å². The smallest absolute Gasteiger partial charge is 0.126 e. The minimum Gasteiger partial charge on any atom is -0.314 e. The second-order valence-electron chi connectivity index (χ2n) is 5.94. The largest absolute Gasteiger partial charge is 0.314 e. The van der Waals surface area contributed by atoms with E-state index >= 15 is 0 Å². The van der Waals surface area contributed by atoms with Gasteiger partial charge < -0.3 is 5.32 Å². The van der Waals surface area contributed by atoms with E-state index in [-0.39, 0.29) is 5.82 Å². The summed E-state index contributed by atoms with van der Waals surface area (Å²) in [6, 6.07) is 6.00. The molecule has 1 fully saturated rings. The predicted molar refractivity (Wildman–Crippen MR) is 77.8 cm³/mol. The number of piperazine rings is 1. The van der Waals surface area contributed by atoms with E-state index in [0.29, 0.717) is 12.0 Å². The van der Waals surface area contributed by atoms with E-state index in [1.54, 1.807) is 6.07 Å². The van der Waals surface area contributed by atoms with Gasteiger partial charge in [0.25, 0.3) is 0 Å². The van der Waals surface area contributed by atoms with Gasteiger partial charge in [-0.2, -0.15) is 0 Å². The summed E-state index contributed by atoms with van der Waals surface area (Å²) < 4.78 is 13.4. The monoisotopic (exact) mass is 264 g/mol. The number of aryl methyl sites for hydroxylation is 1. The Labute approximate surface area is 116 Å². The van der Waals surface area contributed by atoms with E-state index in [2.05, 4.69) is 24.1 Å². The van der Waals surface area contributed by atoms with Crippen molar-refractivity contribution in [3.05, 3.63) is 35.1 Å². The molecule has 0 amide bonds. The molecular weight excluding hydrogens is 239 g/mol. The molecule has 0 unspecified atom stereocenters. The van der Waals surface area contributed by atoms with Crippen molar-refractivity contribution in [2.45, 2.75) is 33.2 Å².